The van der Waals surface area contributed by atoms with Gasteiger partial charge in [-0.2, -0.15) is 0 Å². The van der Waals surface area contributed by atoms with E-state index in [0.29, 0.717) is 17.9 Å². The van der Waals surface area contributed by atoms with E-state index >= 15 is 0 Å². The van der Waals surface area contributed by atoms with Gasteiger partial charge >= 0.3 is 0 Å². The molecule has 9 rings (SSSR count). The minimum absolute atomic E-state index is 0.00193. The fourth-order valence-corrected chi connectivity index (χ4v) is 11.5. The van der Waals surface area contributed by atoms with Crippen LogP contribution in [-0.2, 0) is 21.7 Å². The van der Waals surface area contributed by atoms with Gasteiger partial charge in [-0.3, -0.25) is 0 Å². The summed E-state index contributed by atoms with van der Waals surface area (Å²) in [4.78, 5) is 5.53. The molecule has 5 aliphatic rings. The monoisotopic (exact) mass is 833 g/mol. The van der Waals surface area contributed by atoms with Crippen LogP contribution in [0, 0.1) is 17.3 Å². The molecule has 0 N–H and O–H groups in total. The maximum absolute atomic E-state index is 2.83. The Hall–Kier alpha value is -4.76. The average molecular weight is 833 g/mol. The molecule has 0 saturated carbocycles. The van der Waals surface area contributed by atoms with Crippen LogP contribution in [0.2, 0.25) is 0 Å². The number of anilines is 3. The number of nitrogens with zero attached hydrogens (tertiary/aromatic N) is 2. The Morgan fingerprint density at radius 2 is 1.21 bits per heavy atom. The van der Waals surface area contributed by atoms with E-state index in [1.807, 2.05) is 0 Å². The molecule has 4 aromatic carbocycles. The van der Waals surface area contributed by atoms with E-state index in [2.05, 4.69) is 227 Å². The van der Waals surface area contributed by atoms with Crippen molar-refractivity contribution in [2.45, 2.75) is 150 Å². The van der Waals surface area contributed by atoms with Gasteiger partial charge < -0.3 is 9.80 Å². The largest absolute Gasteiger partial charge is 0.339 e. The molecule has 4 aromatic rings. The standard InChI is InChI=1S/C60H73BN2/c1-56(2,3)40-24-30-47(31-25-40)62-52-35-29-45(60(12,13)42-22-18-15-19-23-42)37-50(52)61-49-36-44(57(4,5)6)28-34-51(49)63(54-39-46(58(7,8)9)38-53(62)55(54)61)48-32-26-43(27-33-48)59(10,11)41-20-16-14-17-21-41/h14-24,26,28,30-31,34-40,45,48H,25,27,29,32-33H2,1-13H3. The number of hydrogen-bond acceptors (Lipinski definition) is 2. The Bertz CT molecular complexity index is 2560. The zero-order valence-corrected chi connectivity index (χ0v) is 40.9. The van der Waals surface area contributed by atoms with Crippen LogP contribution in [0.1, 0.15) is 144 Å². The molecule has 3 atom stereocenters. The van der Waals surface area contributed by atoms with E-state index in [9.17, 15) is 0 Å². The fraction of sp³-hybridized carbons (Fsp3) is 0.433. The first-order chi connectivity index (χ1) is 29.7. The summed E-state index contributed by atoms with van der Waals surface area (Å²) in [7, 11) is 0. The topological polar surface area (TPSA) is 6.48 Å². The second-order valence-corrected chi connectivity index (χ2v) is 23.8. The molecular weight excluding hydrogens is 759 g/mol. The van der Waals surface area contributed by atoms with Crippen LogP contribution in [0.25, 0.3) is 0 Å². The van der Waals surface area contributed by atoms with Gasteiger partial charge in [0.25, 0.3) is 6.71 Å². The van der Waals surface area contributed by atoms with Crippen molar-refractivity contribution in [2.75, 3.05) is 9.80 Å². The highest BCUT2D eigenvalue weighted by Gasteiger charge is 2.49. The van der Waals surface area contributed by atoms with E-state index in [0.717, 1.165) is 32.1 Å². The van der Waals surface area contributed by atoms with E-state index < -0.39 is 0 Å². The molecule has 0 aromatic heterocycles. The maximum Gasteiger partial charge on any atom is 0.251 e. The van der Waals surface area contributed by atoms with Crippen LogP contribution in [0.4, 0.5) is 17.1 Å². The quantitative estimate of drug-likeness (QED) is 0.141. The van der Waals surface area contributed by atoms with Gasteiger partial charge in [-0.25, -0.2) is 0 Å². The zero-order chi connectivity index (χ0) is 44.9. The highest BCUT2D eigenvalue weighted by molar-refractivity contribution is 6.95. The number of allylic oxidation sites excluding steroid dienone is 7. The van der Waals surface area contributed by atoms with Crippen LogP contribution in [0.5, 0.6) is 0 Å². The molecule has 2 aliphatic heterocycles. The number of hydrogen-bond donors (Lipinski definition) is 0. The molecular formula is C60H73BN2. The SMILES string of the molecule is CC(C)(C)c1ccc2c(c1)B1C3=CC(C(C)(C)c4ccccc4)CC=C3N(C3=CCC(C(C)(C)C)C=C3)c3cc(C(C)(C)C)cc(c31)N2C1CC=C(C(C)(C)c2ccccc2)CC1. The van der Waals surface area contributed by atoms with Crippen molar-refractivity contribution in [3.8, 4) is 0 Å². The van der Waals surface area contributed by atoms with Gasteiger partial charge in [0, 0.05) is 39.9 Å². The molecule has 0 saturated heterocycles. The van der Waals surface area contributed by atoms with Gasteiger partial charge in [-0.15, -0.1) is 0 Å². The first-order valence-electron chi connectivity index (χ1n) is 24.2. The first-order valence-corrected chi connectivity index (χ1v) is 24.2. The number of fused-ring (bicyclic) bond motifs is 4. The molecule has 63 heavy (non-hydrogen) atoms. The number of rotatable bonds is 6. The van der Waals surface area contributed by atoms with Gasteiger partial charge in [-0.1, -0.05) is 199 Å². The van der Waals surface area contributed by atoms with Gasteiger partial charge in [0.2, 0.25) is 0 Å². The summed E-state index contributed by atoms with van der Waals surface area (Å²) in [6.45, 7) is 31.4. The molecule has 0 radical (unpaired) electrons. The van der Waals surface area contributed by atoms with Crippen molar-refractivity contribution < 1.29 is 0 Å². The van der Waals surface area contributed by atoms with Crippen molar-refractivity contribution in [3.05, 3.63) is 172 Å². The third-order valence-electron chi connectivity index (χ3n) is 16.0. The molecule has 0 fully saturated rings. The fourth-order valence-electron chi connectivity index (χ4n) is 11.5. The van der Waals surface area contributed by atoms with Crippen LogP contribution in [0.15, 0.2) is 150 Å². The Morgan fingerprint density at radius 3 is 1.79 bits per heavy atom. The van der Waals surface area contributed by atoms with E-state index in [1.54, 1.807) is 5.57 Å². The lowest BCUT2D eigenvalue weighted by Gasteiger charge is -2.50. The molecule has 0 amide bonds. The van der Waals surface area contributed by atoms with Gasteiger partial charge in [0.05, 0.1) is 0 Å². The van der Waals surface area contributed by atoms with E-state index in [1.165, 1.54) is 67.1 Å². The molecule has 2 nitrogen and oxygen atoms in total. The van der Waals surface area contributed by atoms with Crippen molar-refractivity contribution in [2.24, 2.45) is 17.3 Å². The number of benzene rings is 4. The summed E-state index contributed by atoms with van der Waals surface area (Å²) >= 11 is 0. The summed E-state index contributed by atoms with van der Waals surface area (Å²) in [5.41, 5.74) is 18.6. The van der Waals surface area contributed by atoms with E-state index in [4.69, 9.17) is 0 Å². The lowest BCUT2D eigenvalue weighted by Crippen LogP contribution is -2.60. The lowest BCUT2D eigenvalue weighted by molar-refractivity contribution is 0.293. The highest BCUT2D eigenvalue weighted by atomic mass is 15.2. The third kappa shape index (κ3) is 7.64. The molecule has 3 aliphatic carbocycles. The first kappa shape index (κ1) is 43.5. The normalized spacial score (nSPS) is 21.5. The Morgan fingerprint density at radius 1 is 0.571 bits per heavy atom. The Kier molecular flexibility index (Phi) is 10.7. The van der Waals surface area contributed by atoms with Crippen LogP contribution >= 0.6 is 0 Å². The van der Waals surface area contributed by atoms with Crippen LogP contribution in [0.3, 0.4) is 0 Å². The van der Waals surface area contributed by atoms with E-state index in [-0.39, 0.29) is 33.8 Å². The summed E-state index contributed by atoms with van der Waals surface area (Å²) in [5.74, 6) is 0.858. The minimum atomic E-state index is -0.0410. The molecule has 3 unspecified atom stereocenters. The molecule has 326 valence electrons. The molecule has 0 bridgehead atoms. The smallest absolute Gasteiger partial charge is 0.251 e. The van der Waals surface area contributed by atoms with Crippen LogP contribution in [-0.4, -0.2) is 12.8 Å². The minimum Gasteiger partial charge on any atom is -0.339 e. The summed E-state index contributed by atoms with van der Waals surface area (Å²) in [6, 6.07) is 35.5. The van der Waals surface area contributed by atoms with Crippen molar-refractivity contribution in [3.63, 3.8) is 0 Å². The van der Waals surface area contributed by atoms with Gasteiger partial charge in [-0.05, 0) is 129 Å². The predicted octanol–water partition coefficient (Wildman–Crippen LogP) is 14.5. The average Bonchev–Trinajstić information content (AvgIpc) is 3.25. The molecule has 0 spiro atoms. The third-order valence-corrected chi connectivity index (χ3v) is 16.0. The van der Waals surface area contributed by atoms with Gasteiger partial charge in [0.15, 0.2) is 0 Å². The summed E-state index contributed by atoms with van der Waals surface area (Å²) in [5, 5.41) is 0. The molecule has 2 heterocycles. The lowest BCUT2D eigenvalue weighted by atomic mass is 9.31. The van der Waals surface area contributed by atoms with Crippen molar-refractivity contribution >= 4 is 34.7 Å². The van der Waals surface area contributed by atoms with Gasteiger partial charge in [0.1, 0.15) is 0 Å². The Labute approximate surface area is 382 Å². The zero-order valence-electron chi connectivity index (χ0n) is 40.9. The van der Waals surface area contributed by atoms with Crippen molar-refractivity contribution in [1.29, 1.82) is 0 Å². The molecule has 3 heteroatoms. The Balaban J connectivity index is 1.28. The van der Waals surface area contributed by atoms with Crippen LogP contribution < -0.4 is 20.7 Å². The van der Waals surface area contributed by atoms with Crippen molar-refractivity contribution in [1.82, 2.24) is 0 Å². The maximum atomic E-state index is 2.83. The summed E-state index contributed by atoms with van der Waals surface area (Å²) < 4.78 is 0. The predicted molar refractivity (Wildman–Crippen MR) is 274 cm³/mol. The second kappa shape index (κ2) is 15.5. The highest BCUT2D eigenvalue weighted by Crippen LogP contribution is 2.51. The second-order valence-electron chi connectivity index (χ2n) is 23.8. The summed E-state index contributed by atoms with van der Waals surface area (Å²) in [6.07, 6.45) is 20.8.